The number of hydrogen-bond acceptors (Lipinski definition) is 1. The van der Waals surface area contributed by atoms with Crippen LogP contribution in [0, 0.1) is 29.9 Å². The minimum absolute atomic E-state index is 0.433. The molecular formula is C20H19F2N. The molecule has 0 spiro atoms. The fraction of sp³-hybridized carbons (Fsp3) is 0.300. The van der Waals surface area contributed by atoms with Crippen LogP contribution in [-0.2, 0) is 6.42 Å². The van der Waals surface area contributed by atoms with Crippen LogP contribution in [0.1, 0.15) is 24.0 Å². The van der Waals surface area contributed by atoms with Gasteiger partial charge in [0.15, 0.2) is 0 Å². The molecule has 0 aromatic heterocycles. The van der Waals surface area contributed by atoms with Crippen molar-refractivity contribution in [3.63, 3.8) is 0 Å². The van der Waals surface area contributed by atoms with E-state index in [1.807, 2.05) is 12.1 Å². The fourth-order valence-electron chi connectivity index (χ4n) is 3.16. The molecule has 1 nitrogen and oxygen atoms in total. The maximum Gasteiger partial charge on any atom is 0.129 e. The van der Waals surface area contributed by atoms with E-state index < -0.39 is 11.6 Å². The average molecular weight is 311 g/mol. The lowest BCUT2D eigenvalue weighted by atomic mass is 9.89. The van der Waals surface area contributed by atoms with Gasteiger partial charge in [-0.25, -0.2) is 8.78 Å². The van der Waals surface area contributed by atoms with Crippen LogP contribution in [0.25, 0.3) is 0 Å². The first-order chi connectivity index (χ1) is 11.2. The monoisotopic (exact) mass is 311 g/mol. The minimum Gasteiger partial charge on any atom is -0.372 e. The van der Waals surface area contributed by atoms with Crippen molar-refractivity contribution in [3.05, 3.63) is 65.2 Å². The third-order valence-electron chi connectivity index (χ3n) is 4.54. The highest BCUT2D eigenvalue weighted by molar-refractivity contribution is 5.50. The van der Waals surface area contributed by atoms with E-state index in [0.717, 1.165) is 37.6 Å². The van der Waals surface area contributed by atoms with E-state index in [1.54, 1.807) is 6.07 Å². The number of terminal acetylenes is 1. The van der Waals surface area contributed by atoms with Crippen molar-refractivity contribution in [2.45, 2.75) is 19.3 Å². The molecule has 0 atom stereocenters. The molecule has 2 aromatic carbocycles. The zero-order valence-electron chi connectivity index (χ0n) is 12.9. The summed E-state index contributed by atoms with van der Waals surface area (Å²) in [6.07, 6.45) is 8.07. The normalized spacial score (nSPS) is 15.4. The summed E-state index contributed by atoms with van der Waals surface area (Å²) in [5.41, 5.74) is 2.68. The highest BCUT2D eigenvalue weighted by Crippen LogP contribution is 2.26. The zero-order chi connectivity index (χ0) is 16.2. The Kier molecular flexibility index (Phi) is 4.62. The number of anilines is 1. The number of piperidine rings is 1. The third-order valence-corrected chi connectivity index (χ3v) is 4.54. The van der Waals surface area contributed by atoms with Crippen molar-refractivity contribution in [1.82, 2.24) is 0 Å². The molecule has 0 N–H and O–H groups in total. The molecule has 2 aromatic rings. The highest BCUT2D eigenvalue weighted by atomic mass is 19.1. The summed E-state index contributed by atoms with van der Waals surface area (Å²) < 4.78 is 26.7. The van der Waals surface area contributed by atoms with E-state index in [4.69, 9.17) is 6.42 Å². The van der Waals surface area contributed by atoms with E-state index >= 15 is 0 Å². The summed E-state index contributed by atoms with van der Waals surface area (Å²) in [4.78, 5) is 2.33. The van der Waals surface area contributed by atoms with E-state index in [0.29, 0.717) is 17.9 Å². The molecule has 3 heteroatoms. The second-order valence-corrected chi connectivity index (χ2v) is 6.06. The number of rotatable bonds is 3. The molecule has 1 aliphatic rings. The van der Waals surface area contributed by atoms with Gasteiger partial charge in [0, 0.05) is 30.4 Å². The first-order valence-electron chi connectivity index (χ1n) is 7.91. The second-order valence-electron chi connectivity index (χ2n) is 6.06. The largest absolute Gasteiger partial charge is 0.372 e. The van der Waals surface area contributed by atoms with Gasteiger partial charge in [0.1, 0.15) is 11.6 Å². The lowest BCUT2D eigenvalue weighted by Crippen LogP contribution is -2.34. The van der Waals surface area contributed by atoms with Gasteiger partial charge in [0.05, 0.1) is 0 Å². The van der Waals surface area contributed by atoms with Crippen molar-refractivity contribution < 1.29 is 8.78 Å². The number of benzene rings is 2. The maximum absolute atomic E-state index is 13.8. The standard InChI is InChI=1S/C20H19F2N/c1-2-15-3-7-19(8-4-15)23-11-9-16(10-12-23)13-17-5-6-18(21)14-20(17)22/h1,3-8,14,16H,9-13H2. The SMILES string of the molecule is C#Cc1ccc(N2CCC(Cc3ccc(F)cc3F)CC2)cc1. The summed E-state index contributed by atoms with van der Waals surface area (Å²) in [7, 11) is 0. The highest BCUT2D eigenvalue weighted by Gasteiger charge is 2.20. The Morgan fingerprint density at radius 2 is 1.74 bits per heavy atom. The van der Waals surface area contributed by atoms with Crippen LogP contribution < -0.4 is 4.90 Å². The molecule has 0 unspecified atom stereocenters. The van der Waals surface area contributed by atoms with Crippen LogP contribution in [0.3, 0.4) is 0 Å². The van der Waals surface area contributed by atoms with Crippen LogP contribution in [0.2, 0.25) is 0 Å². The Hall–Kier alpha value is -2.34. The molecule has 0 saturated carbocycles. The van der Waals surface area contributed by atoms with Gasteiger partial charge in [0.2, 0.25) is 0 Å². The van der Waals surface area contributed by atoms with Crippen LogP contribution in [0.5, 0.6) is 0 Å². The number of halogens is 2. The topological polar surface area (TPSA) is 3.24 Å². The van der Waals surface area contributed by atoms with Gasteiger partial charge in [-0.05, 0) is 61.1 Å². The van der Waals surface area contributed by atoms with Crippen molar-refractivity contribution in [2.75, 3.05) is 18.0 Å². The summed E-state index contributed by atoms with van der Waals surface area (Å²) in [6.45, 7) is 1.89. The molecule has 23 heavy (non-hydrogen) atoms. The Labute approximate surface area is 135 Å². The first kappa shape index (κ1) is 15.6. The Morgan fingerprint density at radius 1 is 1.04 bits per heavy atom. The smallest absolute Gasteiger partial charge is 0.129 e. The Morgan fingerprint density at radius 3 is 2.35 bits per heavy atom. The van der Waals surface area contributed by atoms with E-state index in [1.165, 1.54) is 11.8 Å². The minimum atomic E-state index is -0.517. The molecule has 0 amide bonds. The van der Waals surface area contributed by atoms with Gasteiger partial charge in [-0.15, -0.1) is 6.42 Å². The zero-order valence-corrected chi connectivity index (χ0v) is 12.9. The lowest BCUT2D eigenvalue weighted by molar-refractivity contribution is 0.397. The Balaban J connectivity index is 1.58. The van der Waals surface area contributed by atoms with Crippen molar-refractivity contribution in [2.24, 2.45) is 5.92 Å². The van der Waals surface area contributed by atoms with Crippen molar-refractivity contribution in [3.8, 4) is 12.3 Å². The van der Waals surface area contributed by atoms with Crippen molar-refractivity contribution in [1.29, 1.82) is 0 Å². The predicted molar refractivity (Wildman–Crippen MR) is 89.4 cm³/mol. The predicted octanol–water partition coefficient (Wildman–Crippen LogP) is 4.41. The van der Waals surface area contributed by atoms with E-state index in [2.05, 4.69) is 23.0 Å². The quantitative estimate of drug-likeness (QED) is 0.759. The van der Waals surface area contributed by atoms with Crippen LogP contribution in [-0.4, -0.2) is 13.1 Å². The molecule has 1 aliphatic heterocycles. The van der Waals surface area contributed by atoms with Gasteiger partial charge < -0.3 is 4.90 Å². The molecule has 118 valence electrons. The van der Waals surface area contributed by atoms with Gasteiger partial charge in [0.25, 0.3) is 0 Å². The summed E-state index contributed by atoms with van der Waals surface area (Å²) >= 11 is 0. The third kappa shape index (κ3) is 3.71. The molecule has 0 aliphatic carbocycles. The fourth-order valence-corrected chi connectivity index (χ4v) is 3.16. The summed E-state index contributed by atoms with van der Waals surface area (Å²) in [5, 5.41) is 0. The van der Waals surface area contributed by atoms with Gasteiger partial charge in [-0.1, -0.05) is 12.0 Å². The van der Waals surface area contributed by atoms with Crippen LogP contribution in [0.4, 0.5) is 14.5 Å². The molecule has 3 rings (SSSR count). The first-order valence-corrected chi connectivity index (χ1v) is 7.91. The molecular weight excluding hydrogens is 292 g/mol. The maximum atomic E-state index is 13.8. The number of hydrogen-bond donors (Lipinski definition) is 0. The van der Waals surface area contributed by atoms with Gasteiger partial charge in [-0.2, -0.15) is 0 Å². The van der Waals surface area contributed by atoms with Gasteiger partial charge in [-0.3, -0.25) is 0 Å². The van der Waals surface area contributed by atoms with E-state index in [-0.39, 0.29) is 0 Å². The molecule has 1 fully saturated rings. The average Bonchev–Trinajstić information content (AvgIpc) is 2.58. The summed E-state index contributed by atoms with van der Waals surface area (Å²) in [6, 6.07) is 11.9. The van der Waals surface area contributed by atoms with E-state index in [9.17, 15) is 8.78 Å². The molecule has 0 bridgehead atoms. The molecule has 0 radical (unpaired) electrons. The van der Waals surface area contributed by atoms with Crippen LogP contribution in [0.15, 0.2) is 42.5 Å². The Bertz CT molecular complexity index is 707. The lowest BCUT2D eigenvalue weighted by Gasteiger charge is -2.33. The molecule has 1 heterocycles. The number of nitrogens with zero attached hydrogens (tertiary/aromatic N) is 1. The summed E-state index contributed by atoms with van der Waals surface area (Å²) in [5.74, 6) is 2.11. The van der Waals surface area contributed by atoms with Gasteiger partial charge >= 0.3 is 0 Å². The van der Waals surface area contributed by atoms with Crippen LogP contribution >= 0.6 is 0 Å². The second kappa shape index (κ2) is 6.83. The molecule has 1 saturated heterocycles. The van der Waals surface area contributed by atoms with Crippen molar-refractivity contribution >= 4 is 5.69 Å².